The molecule has 3 aromatic rings. The molecule has 0 aromatic heterocycles. The zero-order valence-corrected chi connectivity index (χ0v) is 15.8. The third-order valence-electron chi connectivity index (χ3n) is 3.74. The van der Waals surface area contributed by atoms with E-state index in [1.54, 1.807) is 12.1 Å². The summed E-state index contributed by atoms with van der Waals surface area (Å²) in [5, 5.41) is 2.65. The van der Waals surface area contributed by atoms with Crippen molar-refractivity contribution in [1.29, 1.82) is 0 Å². The number of aryl methyl sites for hydroxylation is 1. The lowest BCUT2D eigenvalue weighted by Crippen LogP contribution is -1.96. The van der Waals surface area contributed by atoms with Gasteiger partial charge in [-0.2, -0.15) is 0 Å². The van der Waals surface area contributed by atoms with Gasteiger partial charge in [0.05, 0.1) is 11.4 Å². The number of hydrogen-bond donors (Lipinski definition) is 0. The van der Waals surface area contributed by atoms with Crippen molar-refractivity contribution in [3.05, 3.63) is 106 Å². The smallest absolute Gasteiger partial charge is 0.123 e. The van der Waals surface area contributed by atoms with Gasteiger partial charge in [0.25, 0.3) is 0 Å². The van der Waals surface area contributed by atoms with Crippen molar-refractivity contribution in [2.45, 2.75) is 11.8 Å². The molecule has 0 N–H and O–H groups in total. The van der Waals surface area contributed by atoms with Crippen molar-refractivity contribution in [3.63, 3.8) is 0 Å². The molecule has 0 aliphatic carbocycles. The summed E-state index contributed by atoms with van der Waals surface area (Å²) in [4.78, 5) is 5.78. The van der Waals surface area contributed by atoms with Crippen molar-refractivity contribution in [1.82, 2.24) is 0 Å². The maximum absolute atomic E-state index is 13.0. The Kier molecular flexibility index (Phi) is 6.26. The van der Waals surface area contributed by atoms with Crippen LogP contribution < -0.4 is 0 Å². The molecule has 3 aromatic carbocycles. The summed E-state index contributed by atoms with van der Waals surface area (Å²) < 4.78 is 13.0. The monoisotopic (exact) mass is 381 g/mol. The van der Waals surface area contributed by atoms with Gasteiger partial charge in [0.15, 0.2) is 0 Å². The van der Waals surface area contributed by atoms with E-state index in [4.69, 9.17) is 16.6 Å². The summed E-state index contributed by atoms with van der Waals surface area (Å²) in [6.45, 7) is 2.04. The first-order valence-electron chi connectivity index (χ1n) is 8.11. The summed E-state index contributed by atoms with van der Waals surface area (Å²) >= 11 is 7.52. The number of aliphatic imine (C=N–C) groups is 1. The lowest BCUT2D eigenvalue weighted by molar-refractivity contribution is 0.626. The molecule has 4 heteroatoms. The Labute approximate surface area is 162 Å². The van der Waals surface area contributed by atoms with Gasteiger partial charge in [-0.1, -0.05) is 53.7 Å². The molecule has 0 atom stereocenters. The van der Waals surface area contributed by atoms with Crippen molar-refractivity contribution in [2.24, 2.45) is 4.99 Å². The highest BCUT2D eigenvalue weighted by atomic mass is 35.5. The van der Waals surface area contributed by atoms with E-state index in [2.05, 4.69) is 0 Å². The van der Waals surface area contributed by atoms with E-state index >= 15 is 0 Å². The quantitative estimate of drug-likeness (QED) is 0.336. The van der Waals surface area contributed by atoms with Crippen LogP contribution in [0.1, 0.15) is 11.1 Å². The minimum Gasteiger partial charge on any atom is -0.248 e. The van der Waals surface area contributed by atoms with E-state index in [-0.39, 0.29) is 5.82 Å². The molecule has 0 amide bonds. The summed E-state index contributed by atoms with van der Waals surface area (Å²) in [6.07, 6.45) is 1.96. The maximum Gasteiger partial charge on any atom is 0.123 e. The van der Waals surface area contributed by atoms with E-state index in [0.29, 0.717) is 5.02 Å². The van der Waals surface area contributed by atoms with E-state index in [0.717, 1.165) is 27.4 Å². The molecule has 0 saturated heterocycles. The van der Waals surface area contributed by atoms with Gasteiger partial charge in [0.1, 0.15) is 5.82 Å². The van der Waals surface area contributed by atoms with Crippen LogP contribution in [-0.4, -0.2) is 5.71 Å². The van der Waals surface area contributed by atoms with Gasteiger partial charge in [-0.25, -0.2) is 9.38 Å². The molecular formula is C22H17ClFNS. The first kappa shape index (κ1) is 18.4. The normalized spacial score (nSPS) is 11.9. The Morgan fingerprint density at radius 1 is 0.962 bits per heavy atom. The van der Waals surface area contributed by atoms with E-state index in [1.165, 1.54) is 23.9 Å². The summed E-state index contributed by atoms with van der Waals surface area (Å²) in [6, 6.07) is 22.0. The number of halogens is 2. The van der Waals surface area contributed by atoms with Gasteiger partial charge >= 0.3 is 0 Å². The third-order valence-corrected chi connectivity index (χ3v) is 4.81. The van der Waals surface area contributed by atoms with Gasteiger partial charge in [-0.15, -0.1) is 0 Å². The largest absolute Gasteiger partial charge is 0.248 e. The zero-order valence-electron chi connectivity index (χ0n) is 14.2. The molecule has 0 saturated carbocycles. The van der Waals surface area contributed by atoms with Crippen LogP contribution >= 0.6 is 23.4 Å². The lowest BCUT2D eigenvalue weighted by atomic mass is 10.1. The van der Waals surface area contributed by atoms with Crippen LogP contribution in [0.25, 0.3) is 0 Å². The fraction of sp³-hybridized carbons (Fsp3) is 0.0455. The molecule has 0 unspecified atom stereocenters. The van der Waals surface area contributed by atoms with Crippen LogP contribution in [0.2, 0.25) is 5.02 Å². The molecule has 0 fully saturated rings. The summed E-state index contributed by atoms with van der Waals surface area (Å²) in [5.74, 6) is -0.235. The summed E-state index contributed by atoms with van der Waals surface area (Å²) in [7, 11) is 0. The summed E-state index contributed by atoms with van der Waals surface area (Å²) in [5.41, 5.74) is 3.85. The molecule has 0 bridgehead atoms. The SMILES string of the molecule is Cc1ccccc1/N=C(/C=C/Sc1ccc(F)cc1)c1ccc(Cl)cc1. The fourth-order valence-corrected chi connectivity index (χ4v) is 3.10. The Hall–Kier alpha value is -2.36. The van der Waals surface area contributed by atoms with Crippen molar-refractivity contribution in [3.8, 4) is 0 Å². The molecule has 1 nitrogen and oxygen atoms in total. The van der Waals surface area contributed by atoms with Gasteiger partial charge < -0.3 is 0 Å². The van der Waals surface area contributed by atoms with Crippen LogP contribution in [0.3, 0.4) is 0 Å². The van der Waals surface area contributed by atoms with Crippen LogP contribution in [0, 0.1) is 12.7 Å². The predicted molar refractivity (Wildman–Crippen MR) is 110 cm³/mol. The highest BCUT2D eigenvalue weighted by Gasteiger charge is 2.03. The Morgan fingerprint density at radius 3 is 2.35 bits per heavy atom. The van der Waals surface area contributed by atoms with Crippen LogP contribution in [0.5, 0.6) is 0 Å². The minimum atomic E-state index is -0.235. The fourth-order valence-electron chi connectivity index (χ4n) is 2.33. The molecule has 130 valence electrons. The van der Waals surface area contributed by atoms with Crippen LogP contribution in [-0.2, 0) is 0 Å². The standard InChI is InChI=1S/C22H17ClFNS/c1-16-4-2-3-5-21(16)25-22(17-6-8-18(23)9-7-17)14-15-26-20-12-10-19(24)11-13-20/h2-15H,1H3/b15-14+,25-22-. The minimum absolute atomic E-state index is 0.235. The molecule has 3 rings (SSSR count). The Bertz CT molecular complexity index is 931. The first-order chi connectivity index (χ1) is 12.6. The topological polar surface area (TPSA) is 12.4 Å². The van der Waals surface area contributed by atoms with Gasteiger partial charge in [0, 0.05) is 15.5 Å². The average Bonchev–Trinajstić information content (AvgIpc) is 2.65. The second-order valence-corrected chi connectivity index (χ2v) is 7.08. The number of rotatable bonds is 5. The molecule has 0 aliphatic rings. The Morgan fingerprint density at radius 2 is 1.65 bits per heavy atom. The third kappa shape index (κ3) is 5.07. The van der Waals surface area contributed by atoms with Crippen molar-refractivity contribution < 1.29 is 4.39 Å². The zero-order chi connectivity index (χ0) is 18.4. The Balaban J connectivity index is 1.90. The molecule has 0 radical (unpaired) electrons. The predicted octanol–water partition coefficient (Wildman–Crippen LogP) is 7.21. The number of nitrogens with zero attached hydrogens (tertiary/aromatic N) is 1. The van der Waals surface area contributed by atoms with E-state index in [1.807, 2.05) is 66.9 Å². The van der Waals surface area contributed by atoms with Crippen molar-refractivity contribution >= 4 is 34.8 Å². The van der Waals surface area contributed by atoms with Gasteiger partial charge in [0.2, 0.25) is 0 Å². The van der Waals surface area contributed by atoms with Crippen LogP contribution in [0.4, 0.5) is 10.1 Å². The van der Waals surface area contributed by atoms with Crippen molar-refractivity contribution in [2.75, 3.05) is 0 Å². The highest BCUT2D eigenvalue weighted by Crippen LogP contribution is 2.23. The number of hydrogen-bond acceptors (Lipinski definition) is 2. The number of benzene rings is 3. The van der Waals surface area contributed by atoms with Gasteiger partial charge in [-0.3, -0.25) is 0 Å². The van der Waals surface area contributed by atoms with E-state index < -0.39 is 0 Å². The molecular weight excluding hydrogens is 365 g/mol. The number of para-hydroxylation sites is 1. The lowest BCUT2D eigenvalue weighted by Gasteiger charge is -2.05. The molecule has 26 heavy (non-hydrogen) atoms. The maximum atomic E-state index is 13.0. The highest BCUT2D eigenvalue weighted by molar-refractivity contribution is 8.02. The first-order valence-corrected chi connectivity index (χ1v) is 9.36. The second-order valence-electron chi connectivity index (χ2n) is 5.66. The molecule has 0 aliphatic heterocycles. The average molecular weight is 382 g/mol. The second kappa shape index (κ2) is 8.84. The van der Waals surface area contributed by atoms with Gasteiger partial charge in [-0.05, 0) is 66.4 Å². The molecule has 0 spiro atoms. The number of thioether (sulfide) groups is 1. The number of allylic oxidation sites excluding steroid dienone is 1. The molecule has 0 heterocycles. The van der Waals surface area contributed by atoms with E-state index in [9.17, 15) is 4.39 Å². The van der Waals surface area contributed by atoms with Crippen LogP contribution in [0.15, 0.2) is 94.2 Å².